The van der Waals surface area contributed by atoms with Crippen molar-refractivity contribution in [3.63, 3.8) is 0 Å². The molecular weight excluding hydrogens is 318 g/mol. The maximum Gasteiger partial charge on any atom is 0.276 e. The first kappa shape index (κ1) is 16.8. The van der Waals surface area contributed by atoms with Crippen LogP contribution in [-0.4, -0.2) is 32.6 Å². The zero-order valence-electron chi connectivity index (χ0n) is 14.6. The van der Waals surface area contributed by atoms with Gasteiger partial charge in [0.2, 0.25) is 0 Å². The second kappa shape index (κ2) is 7.21. The molecule has 0 saturated heterocycles. The number of hydrogen-bond donors (Lipinski definition) is 1. The second-order valence-corrected chi connectivity index (χ2v) is 5.77. The third kappa shape index (κ3) is 3.71. The summed E-state index contributed by atoms with van der Waals surface area (Å²) in [6.07, 6.45) is 6.17. The van der Waals surface area contributed by atoms with Gasteiger partial charge < -0.3 is 10.1 Å². The molecule has 0 bridgehead atoms. The third-order valence-corrected chi connectivity index (χ3v) is 3.75. The minimum Gasteiger partial charge on any atom is -0.494 e. The molecule has 1 amide bonds. The van der Waals surface area contributed by atoms with E-state index < -0.39 is 0 Å². The van der Waals surface area contributed by atoms with Crippen LogP contribution in [0.25, 0.3) is 5.69 Å². The molecule has 7 heteroatoms. The van der Waals surface area contributed by atoms with E-state index in [0.717, 1.165) is 24.2 Å². The van der Waals surface area contributed by atoms with Crippen LogP contribution >= 0.6 is 0 Å². The van der Waals surface area contributed by atoms with Gasteiger partial charge in [0, 0.05) is 18.9 Å². The van der Waals surface area contributed by atoms with Gasteiger partial charge in [-0.15, -0.1) is 0 Å². The van der Waals surface area contributed by atoms with Crippen LogP contribution in [-0.2, 0) is 6.54 Å². The Labute approximate surface area is 146 Å². The molecule has 25 heavy (non-hydrogen) atoms. The first-order chi connectivity index (χ1) is 12.1. The molecular formula is C18H21N5O2. The number of nitrogens with one attached hydrogen (secondary N) is 1. The summed E-state index contributed by atoms with van der Waals surface area (Å²) in [5, 5.41) is 11.4. The number of aromatic nitrogens is 4. The number of nitrogens with zero attached hydrogens (tertiary/aromatic N) is 4. The minimum atomic E-state index is -0.276. The van der Waals surface area contributed by atoms with Gasteiger partial charge in [0.25, 0.3) is 5.91 Å². The van der Waals surface area contributed by atoms with Gasteiger partial charge in [-0.3, -0.25) is 9.48 Å². The fourth-order valence-corrected chi connectivity index (χ4v) is 2.53. The summed E-state index contributed by atoms with van der Waals surface area (Å²) in [5.74, 6) is 0.419. The highest BCUT2D eigenvalue weighted by Crippen LogP contribution is 2.23. The maximum absolute atomic E-state index is 12.4. The lowest BCUT2D eigenvalue weighted by Gasteiger charge is -2.09. The van der Waals surface area contributed by atoms with Gasteiger partial charge in [-0.25, -0.2) is 4.68 Å². The predicted molar refractivity (Wildman–Crippen MR) is 95.3 cm³/mol. The minimum absolute atomic E-state index is 0.276. The summed E-state index contributed by atoms with van der Waals surface area (Å²) in [7, 11) is 1.61. The van der Waals surface area contributed by atoms with Gasteiger partial charge in [-0.05, 0) is 37.1 Å². The number of amides is 1. The molecule has 0 radical (unpaired) electrons. The van der Waals surface area contributed by atoms with Crippen molar-refractivity contribution in [1.29, 1.82) is 0 Å². The Balaban J connectivity index is 1.78. The molecule has 7 nitrogen and oxygen atoms in total. The average Bonchev–Trinajstić information content (AvgIpc) is 3.25. The molecule has 0 aliphatic heterocycles. The van der Waals surface area contributed by atoms with E-state index in [9.17, 15) is 4.79 Å². The van der Waals surface area contributed by atoms with Crippen molar-refractivity contribution in [2.45, 2.75) is 26.8 Å². The van der Waals surface area contributed by atoms with Gasteiger partial charge in [-0.1, -0.05) is 13.0 Å². The summed E-state index contributed by atoms with van der Waals surface area (Å²) in [5.41, 5.74) is 2.85. The Hall–Kier alpha value is -3.09. The Bertz CT molecular complexity index is 881. The quantitative estimate of drug-likeness (QED) is 0.749. The molecule has 0 aliphatic carbocycles. The molecule has 1 aromatic carbocycles. The van der Waals surface area contributed by atoms with E-state index in [4.69, 9.17) is 4.74 Å². The monoisotopic (exact) mass is 339 g/mol. The Morgan fingerprint density at radius 1 is 1.32 bits per heavy atom. The van der Waals surface area contributed by atoms with Gasteiger partial charge in [-0.2, -0.15) is 10.2 Å². The summed E-state index contributed by atoms with van der Waals surface area (Å²) in [6.45, 7) is 4.89. The SMILES string of the molecule is CCCn1cc(NC(=O)c2ccn(-c3cc(C)ccc3OC)n2)cn1. The first-order valence-electron chi connectivity index (χ1n) is 8.15. The number of carbonyl (C=O) groups is 1. The Morgan fingerprint density at radius 3 is 2.92 bits per heavy atom. The van der Waals surface area contributed by atoms with Crippen LogP contribution in [0.4, 0.5) is 5.69 Å². The number of rotatable bonds is 6. The Kier molecular flexibility index (Phi) is 4.83. The van der Waals surface area contributed by atoms with Crippen molar-refractivity contribution in [3.05, 3.63) is 54.1 Å². The van der Waals surface area contributed by atoms with E-state index in [2.05, 4.69) is 22.4 Å². The molecule has 0 aliphatic rings. The largest absolute Gasteiger partial charge is 0.494 e. The Morgan fingerprint density at radius 2 is 2.16 bits per heavy atom. The number of carbonyl (C=O) groups excluding carboxylic acids is 1. The molecule has 2 aromatic heterocycles. The first-order valence-corrected chi connectivity index (χ1v) is 8.15. The predicted octanol–water partition coefficient (Wildman–Crippen LogP) is 3.05. The molecule has 0 fully saturated rings. The topological polar surface area (TPSA) is 74.0 Å². The second-order valence-electron chi connectivity index (χ2n) is 5.77. The molecule has 0 atom stereocenters. The zero-order chi connectivity index (χ0) is 17.8. The van der Waals surface area contributed by atoms with Crippen molar-refractivity contribution in [2.24, 2.45) is 0 Å². The number of anilines is 1. The fraction of sp³-hybridized carbons (Fsp3) is 0.278. The van der Waals surface area contributed by atoms with Crippen LogP contribution in [0.3, 0.4) is 0 Å². The summed E-state index contributed by atoms with van der Waals surface area (Å²) in [6, 6.07) is 7.48. The van der Waals surface area contributed by atoms with E-state index in [1.165, 1.54) is 0 Å². The van der Waals surface area contributed by atoms with Crippen molar-refractivity contribution < 1.29 is 9.53 Å². The molecule has 3 rings (SSSR count). The number of methoxy groups -OCH3 is 1. The third-order valence-electron chi connectivity index (χ3n) is 3.75. The van der Waals surface area contributed by atoms with E-state index in [1.54, 1.807) is 34.9 Å². The van der Waals surface area contributed by atoms with E-state index in [1.807, 2.05) is 31.3 Å². The van der Waals surface area contributed by atoms with Crippen molar-refractivity contribution >= 4 is 11.6 Å². The maximum atomic E-state index is 12.4. The fourth-order valence-electron chi connectivity index (χ4n) is 2.53. The highest BCUT2D eigenvalue weighted by molar-refractivity contribution is 6.02. The van der Waals surface area contributed by atoms with Gasteiger partial charge in [0.15, 0.2) is 5.69 Å². The van der Waals surface area contributed by atoms with Crippen LogP contribution in [0.1, 0.15) is 29.4 Å². The molecule has 3 aromatic rings. The van der Waals surface area contributed by atoms with Crippen LogP contribution < -0.4 is 10.1 Å². The van der Waals surface area contributed by atoms with Crippen LogP contribution in [0.15, 0.2) is 42.9 Å². The van der Waals surface area contributed by atoms with Crippen molar-refractivity contribution in [2.75, 3.05) is 12.4 Å². The zero-order valence-corrected chi connectivity index (χ0v) is 14.6. The van der Waals surface area contributed by atoms with Gasteiger partial charge in [0.1, 0.15) is 11.4 Å². The molecule has 2 heterocycles. The normalized spacial score (nSPS) is 10.7. The highest BCUT2D eigenvalue weighted by Gasteiger charge is 2.13. The van der Waals surface area contributed by atoms with Crippen LogP contribution in [0.5, 0.6) is 5.75 Å². The molecule has 0 saturated carbocycles. The number of ether oxygens (including phenoxy) is 1. The van der Waals surface area contributed by atoms with Crippen LogP contribution in [0, 0.1) is 6.92 Å². The molecule has 1 N–H and O–H groups in total. The number of aryl methyl sites for hydroxylation is 2. The lowest BCUT2D eigenvalue weighted by molar-refractivity contribution is 0.102. The van der Waals surface area contributed by atoms with Gasteiger partial charge in [0.05, 0.1) is 19.0 Å². The van der Waals surface area contributed by atoms with E-state index in [0.29, 0.717) is 17.1 Å². The smallest absolute Gasteiger partial charge is 0.276 e. The van der Waals surface area contributed by atoms with Gasteiger partial charge >= 0.3 is 0 Å². The van der Waals surface area contributed by atoms with Crippen molar-refractivity contribution in [1.82, 2.24) is 19.6 Å². The lowest BCUT2D eigenvalue weighted by Crippen LogP contribution is -2.13. The standard InChI is InChI=1S/C18H21N5O2/c1-4-8-22-12-14(11-19-22)20-18(24)15-7-9-23(21-15)16-10-13(2)5-6-17(16)25-3/h5-7,9-12H,4,8H2,1-3H3,(H,20,24). The lowest BCUT2D eigenvalue weighted by atomic mass is 10.2. The van der Waals surface area contributed by atoms with Crippen molar-refractivity contribution in [3.8, 4) is 11.4 Å². The number of hydrogen-bond acceptors (Lipinski definition) is 4. The number of benzene rings is 1. The molecule has 130 valence electrons. The summed E-state index contributed by atoms with van der Waals surface area (Å²) >= 11 is 0. The van der Waals surface area contributed by atoms with E-state index >= 15 is 0 Å². The molecule has 0 spiro atoms. The highest BCUT2D eigenvalue weighted by atomic mass is 16.5. The summed E-state index contributed by atoms with van der Waals surface area (Å²) < 4.78 is 8.81. The average molecular weight is 339 g/mol. The summed E-state index contributed by atoms with van der Waals surface area (Å²) in [4.78, 5) is 12.4. The van der Waals surface area contributed by atoms with E-state index in [-0.39, 0.29) is 5.91 Å². The molecule has 0 unspecified atom stereocenters. The van der Waals surface area contributed by atoms with Crippen LogP contribution in [0.2, 0.25) is 0 Å².